The molecule has 0 saturated carbocycles. The molecule has 0 amide bonds. The Bertz CT molecular complexity index is 954. The molecule has 0 bridgehead atoms. The molecule has 5 rings (SSSR count). The summed E-state index contributed by atoms with van der Waals surface area (Å²) in [6.45, 7) is 3.97. The average Bonchev–Trinajstić information content (AvgIpc) is 2.82. The first-order valence-corrected chi connectivity index (χ1v) is 10.4. The predicted molar refractivity (Wildman–Crippen MR) is 127 cm³/mol. The van der Waals surface area contributed by atoms with E-state index in [9.17, 15) is 10.2 Å². The molecule has 0 aromatic heterocycles. The highest BCUT2D eigenvalue weighted by atomic mass is 16.3. The van der Waals surface area contributed by atoms with Gasteiger partial charge in [0.25, 0.3) is 0 Å². The number of phenolic OH excluding ortho intramolecular Hbond substituents is 2. The third-order valence-electron chi connectivity index (χ3n) is 5.24. The molecule has 0 saturated heterocycles. The van der Waals surface area contributed by atoms with Crippen molar-refractivity contribution in [2.45, 2.75) is 26.1 Å². The number of rotatable bonds is 0. The summed E-state index contributed by atoms with van der Waals surface area (Å²) in [5.74, 6) is 0.659. The van der Waals surface area contributed by atoms with Gasteiger partial charge in [0, 0.05) is 0 Å². The number of aromatic hydroxyl groups is 2. The third kappa shape index (κ3) is 5.76. The van der Waals surface area contributed by atoms with Gasteiger partial charge in [-0.15, -0.1) is 0 Å². The molecule has 0 unspecified atom stereocenters. The van der Waals surface area contributed by atoms with Crippen molar-refractivity contribution in [3.63, 3.8) is 0 Å². The van der Waals surface area contributed by atoms with E-state index in [1.807, 2.05) is 86.6 Å². The smallest absolute Gasteiger partial charge is 0.115 e. The minimum atomic E-state index is -0.629. The van der Waals surface area contributed by atoms with Crippen LogP contribution in [0.2, 0.25) is 0 Å². The molecule has 164 valence electrons. The first kappa shape index (κ1) is 23.1. The highest BCUT2D eigenvalue weighted by molar-refractivity contribution is 5.49. The second kappa shape index (κ2) is 10.6. The van der Waals surface area contributed by atoms with Gasteiger partial charge >= 0.3 is 0 Å². The van der Waals surface area contributed by atoms with Gasteiger partial charge in [-0.25, -0.2) is 0 Å². The van der Waals surface area contributed by atoms with Crippen LogP contribution in [0.1, 0.15) is 45.6 Å². The summed E-state index contributed by atoms with van der Waals surface area (Å²) in [4.78, 5) is 0. The van der Waals surface area contributed by atoms with Gasteiger partial charge < -0.3 is 20.4 Å². The Hall–Kier alpha value is -3.60. The number of hydrogen-bond acceptors (Lipinski definition) is 4. The molecule has 0 atom stereocenters. The van der Waals surface area contributed by atoms with E-state index in [0.29, 0.717) is 11.5 Å². The maximum absolute atomic E-state index is 10.2. The molecule has 0 fully saturated rings. The second-order valence-electron chi connectivity index (χ2n) is 7.73. The molecule has 0 radical (unpaired) electrons. The van der Waals surface area contributed by atoms with Crippen LogP contribution in [0.15, 0.2) is 97.1 Å². The van der Waals surface area contributed by atoms with Crippen LogP contribution in [0, 0.1) is 13.8 Å². The maximum atomic E-state index is 10.2. The lowest BCUT2D eigenvalue weighted by molar-refractivity contribution is 0.173. The fourth-order valence-electron chi connectivity index (χ4n) is 3.44. The normalized spacial score (nSPS) is 15.8. The lowest BCUT2D eigenvalue weighted by atomic mass is 9.82. The van der Waals surface area contributed by atoms with Crippen molar-refractivity contribution in [1.29, 1.82) is 0 Å². The van der Waals surface area contributed by atoms with Gasteiger partial charge in [0.2, 0.25) is 0 Å². The summed E-state index contributed by atoms with van der Waals surface area (Å²) in [5, 5.41) is 38.0. The topological polar surface area (TPSA) is 80.9 Å². The van der Waals surface area contributed by atoms with Crippen LogP contribution in [0.3, 0.4) is 0 Å². The van der Waals surface area contributed by atoms with Crippen LogP contribution in [0.5, 0.6) is 11.5 Å². The van der Waals surface area contributed by atoms with Crippen LogP contribution in [0.4, 0.5) is 0 Å². The van der Waals surface area contributed by atoms with Crippen LogP contribution < -0.4 is 0 Å². The molecule has 4 nitrogen and oxygen atoms in total. The van der Waals surface area contributed by atoms with E-state index >= 15 is 0 Å². The summed E-state index contributed by atoms with van der Waals surface area (Å²) in [6.07, 6.45) is -1.26. The van der Waals surface area contributed by atoms with Crippen molar-refractivity contribution < 1.29 is 20.4 Å². The Morgan fingerprint density at radius 2 is 0.688 bits per heavy atom. The first-order chi connectivity index (χ1) is 15.4. The van der Waals surface area contributed by atoms with E-state index in [0.717, 1.165) is 22.3 Å². The number of fused-ring (bicyclic) bond motifs is 2. The van der Waals surface area contributed by atoms with E-state index in [1.54, 1.807) is 24.3 Å². The van der Waals surface area contributed by atoms with E-state index in [1.165, 1.54) is 11.1 Å². The van der Waals surface area contributed by atoms with Gasteiger partial charge in [-0.05, 0) is 60.4 Å². The van der Waals surface area contributed by atoms with Crippen molar-refractivity contribution in [2.24, 2.45) is 0 Å². The van der Waals surface area contributed by atoms with Gasteiger partial charge in [0.05, 0.1) is 0 Å². The number of hydrogen-bond donors (Lipinski definition) is 4. The van der Waals surface area contributed by atoms with Crippen LogP contribution >= 0.6 is 0 Å². The Morgan fingerprint density at radius 1 is 0.438 bits per heavy atom. The van der Waals surface area contributed by atoms with Crippen LogP contribution in [-0.2, 0) is 0 Å². The van der Waals surface area contributed by atoms with Gasteiger partial charge in [-0.3, -0.25) is 0 Å². The van der Waals surface area contributed by atoms with Crippen molar-refractivity contribution in [1.82, 2.24) is 0 Å². The number of aliphatic hydroxyl groups excluding tert-OH is 2. The second-order valence-corrected chi connectivity index (χ2v) is 7.73. The number of aryl methyl sites for hydroxylation is 2. The monoisotopic (exact) mass is 428 g/mol. The lowest BCUT2D eigenvalue weighted by Gasteiger charge is -2.28. The quantitative estimate of drug-likeness (QED) is 0.295. The van der Waals surface area contributed by atoms with Gasteiger partial charge in [0.1, 0.15) is 23.7 Å². The zero-order chi connectivity index (χ0) is 23.1. The molecule has 4 aromatic rings. The minimum Gasteiger partial charge on any atom is -0.508 e. The standard InChI is InChI=1S/C14H12O2.2C7H8O/c15-13-9-5-1-2-6-10(9)14(16)12-8-4-3-7-11(12)13;2*1-6-2-4-7(8)5-3-6/h1-8,13-16H;2*2-5,8H,1H3. The molecule has 4 heteroatoms. The highest BCUT2D eigenvalue weighted by Gasteiger charge is 2.28. The van der Waals surface area contributed by atoms with Crippen molar-refractivity contribution in [3.8, 4) is 11.5 Å². The van der Waals surface area contributed by atoms with E-state index in [-0.39, 0.29) is 0 Å². The predicted octanol–water partition coefficient (Wildman–Crippen LogP) is 5.56. The molecule has 0 aliphatic heterocycles. The molecule has 32 heavy (non-hydrogen) atoms. The molecule has 4 aromatic carbocycles. The summed E-state index contributed by atoms with van der Waals surface area (Å²) >= 11 is 0. The molecule has 0 spiro atoms. The Morgan fingerprint density at radius 3 is 0.906 bits per heavy atom. The summed E-state index contributed by atoms with van der Waals surface area (Å²) in [5.41, 5.74) is 5.54. The molecule has 1 aliphatic carbocycles. The third-order valence-corrected chi connectivity index (χ3v) is 5.24. The largest absolute Gasteiger partial charge is 0.508 e. The minimum absolute atomic E-state index is 0.329. The van der Waals surface area contributed by atoms with Crippen molar-refractivity contribution >= 4 is 0 Å². The Balaban J connectivity index is 0.000000152. The lowest BCUT2D eigenvalue weighted by Crippen LogP contribution is -2.17. The van der Waals surface area contributed by atoms with Gasteiger partial charge in [-0.2, -0.15) is 0 Å². The molecular weight excluding hydrogens is 400 g/mol. The molecular formula is C28H28O4. The summed E-state index contributed by atoms with van der Waals surface area (Å²) in [7, 11) is 0. The Labute approximate surface area is 188 Å². The summed E-state index contributed by atoms with van der Waals surface area (Å²) < 4.78 is 0. The van der Waals surface area contributed by atoms with Crippen molar-refractivity contribution in [3.05, 3.63) is 130 Å². The van der Waals surface area contributed by atoms with Crippen LogP contribution in [-0.4, -0.2) is 20.4 Å². The fraction of sp³-hybridized carbons (Fsp3) is 0.143. The van der Waals surface area contributed by atoms with Crippen molar-refractivity contribution in [2.75, 3.05) is 0 Å². The summed E-state index contributed by atoms with van der Waals surface area (Å²) in [6, 6.07) is 29.1. The highest BCUT2D eigenvalue weighted by Crippen LogP contribution is 2.40. The SMILES string of the molecule is Cc1ccc(O)cc1.Cc1ccc(O)cc1.OC1c2ccccc2C(O)c2ccccc21. The maximum Gasteiger partial charge on any atom is 0.115 e. The zero-order valence-electron chi connectivity index (χ0n) is 18.2. The molecule has 1 aliphatic rings. The zero-order valence-corrected chi connectivity index (χ0v) is 18.2. The molecule has 4 N–H and O–H groups in total. The average molecular weight is 429 g/mol. The number of aliphatic hydroxyl groups is 2. The van der Waals surface area contributed by atoms with E-state index < -0.39 is 12.2 Å². The Kier molecular flexibility index (Phi) is 7.66. The first-order valence-electron chi connectivity index (χ1n) is 10.4. The van der Waals surface area contributed by atoms with Gasteiger partial charge in [-0.1, -0.05) is 83.9 Å². The number of phenols is 2. The van der Waals surface area contributed by atoms with Crippen LogP contribution in [0.25, 0.3) is 0 Å². The van der Waals surface area contributed by atoms with E-state index in [4.69, 9.17) is 10.2 Å². The van der Waals surface area contributed by atoms with E-state index in [2.05, 4.69) is 0 Å². The van der Waals surface area contributed by atoms with Gasteiger partial charge in [0.15, 0.2) is 0 Å². The molecule has 0 heterocycles. The fourth-order valence-corrected chi connectivity index (χ4v) is 3.44. The number of benzene rings is 4.